The van der Waals surface area contributed by atoms with Crippen molar-refractivity contribution in [2.75, 3.05) is 13.2 Å². The van der Waals surface area contributed by atoms with E-state index in [2.05, 4.69) is 35.3 Å². The first kappa shape index (κ1) is 14.2. The van der Waals surface area contributed by atoms with Crippen molar-refractivity contribution >= 4 is 0 Å². The lowest BCUT2D eigenvalue weighted by molar-refractivity contribution is 0.0864. The minimum absolute atomic E-state index is 0.0460. The summed E-state index contributed by atoms with van der Waals surface area (Å²) in [4.78, 5) is 0. The van der Waals surface area contributed by atoms with Crippen molar-refractivity contribution in [3.63, 3.8) is 0 Å². The minimum atomic E-state index is -0.563. The maximum atomic E-state index is 9.32. The molecule has 0 fully saturated rings. The van der Waals surface area contributed by atoms with Crippen LogP contribution in [0, 0.1) is 0 Å². The van der Waals surface area contributed by atoms with Crippen LogP contribution in [0.5, 0.6) is 0 Å². The van der Waals surface area contributed by atoms with Gasteiger partial charge in [-0.2, -0.15) is 0 Å². The highest BCUT2D eigenvalue weighted by Gasteiger charge is 2.25. The van der Waals surface area contributed by atoms with Crippen LogP contribution in [0.15, 0.2) is 18.5 Å². The van der Waals surface area contributed by atoms with Crippen molar-refractivity contribution in [1.82, 2.24) is 9.88 Å². The zero-order chi connectivity index (χ0) is 12.7. The van der Waals surface area contributed by atoms with Gasteiger partial charge in [0.25, 0.3) is 0 Å². The molecule has 98 valence electrons. The van der Waals surface area contributed by atoms with E-state index in [1.165, 1.54) is 5.56 Å². The molecule has 1 heterocycles. The maximum absolute atomic E-state index is 9.32. The lowest BCUT2D eigenvalue weighted by Gasteiger charge is -2.29. The molecule has 1 aromatic rings. The number of rotatable bonds is 8. The van der Waals surface area contributed by atoms with Gasteiger partial charge in [0.1, 0.15) is 0 Å². The van der Waals surface area contributed by atoms with Crippen LogP contribution in [-0.4, -0.2) is 33.5 Å². The van der Waals surface area contributed by atoms with Crippen LogP contribution >= 0.6 is 0 Å². The van der Waals surface area contributed by atoms with Crippen molar-refractivity contribution < 1.29 is 10.2 Å². The summed E-state index contributed by atoms with van der Waals surface area (Å²) in [7, 11) is 0. The third-order valence-corrected chi connectivity index (χ3v) is 3.24. The van der Waals surface area contributed by atoms with Crippen LogP contribution in [0.3, 0.4) is 0 Å². The molecular formula is C13H24N2O2. The van der Waals surface area contributed by atoms with Crippen LogP contribution in [0.4, 0.5) is 0 Å². The van der Waals surface area contributed by atoms with Crippen molar-refractivity contribution in [1.29, 1.82) is 0 Å². The third kappa shape index (κ3) is 3.84. The molecule has 0 aliphatic rings. The fourth-order valence-electron chi connectivity index (χ4n) is 1.79. The SMILES string of the molecule is CCCn1ccc(CNC(CC)(CO)CO)c1. The van der Waals surface area contributed by atoms with E-state index in [-0.39, 0.29) is 13.2 Å². The van der Waals surface area contributed by atoms with E-state index in [9.17, 15) is 10.2 Å². The number of nitrogens with zero attached hydrogens (tertiary/aromatic N) is 1. The summed E-state index contributed by atoms with van der Waals surface area (Å²) < 4.78 is 2.16. The van der Waals surface area contributed by atoms with Crippen LogP contribution in [0.2, 0.25) is 0 Å². The molecule has 0 amide bonds. The average molecular weight is 240 g/mol. The lowest BCUT2D eigenvalue weighted by atomic mass is 9.98. The maximum Gasteiger partial charge on any atom is 0.0648 e. The van der Waals surface area contributed by atoms with Gasteiger partial charge in [-0.05, 0) is 24.5 Å². The van der Waals surface area contributed by atoms with Gasteiger partial charge in [-0.25, -0.2) is 0 Å². The van der Waals surface area contributed by atoms with Crippen molar-refractivity contribution in [2.45, 2.75) is 45.3 Å². The van der Waals surface area contributed by atoms with Gasteiger partial charge in [-0.3, -0.25) is 0 Å². The first-order valence-electron chi connectivity index (χ1n) is 6.31. The summed E-state index contributed by atoms with van der Waals surface area (Å²) in [5, 5.41) is 21.9. The highest BCUT2D eigenvalue weighted by molar-refractivity contribution is 5.10. The lowest BCUT2D eigenvalue weighted by Crippen LogP contribution is -2.50. The monoisotopic (exact) mass is 240 g/mol. The quantitative estimate of drug-likeness (QED) is 0.638. The Balaban J connectivity index is 2.53. The third-order valence-electron chi connectivity index (χ3n) is 3.24. The Kier molecular flexibility index (Phi) is 5.68. The molecule has 1 aromatic heterocycles. The first-order valence-corrected chi connectivity index (χ1v) is 6.31. The Morgan fingerprint density at radius 1 is 1.29 bits per heavy atom. The molecular weight excluding hydrogens is 216 g/mol. The van der Waals surface area contributed by atoms with Crippen LogP contribution in [0.25, 0.3) is 0 Å². The molecule has 0 radical (unpaired) electrons. The van der Waals surface area contributed by atoms with Crippen molar-refractivity contribution in [3.8, 4) is 0 Å². The van der Waals surface area contributed by atoms with E-state index in [1.807, 2.05) is 6.92 Å². The predicted molar refractivity (Wildman–Crippen MR) is 68.8 cm³/mol. The number of hydrogen-bond acceptors (Lipinski definition) is 3. The number of aliphatic hydroxyl groups excluding tert-OH is 2. The van der Waals surface area contributed by atoms with E-state index >= 15 is 0 Å². The number of hydrogen-bond donors (Lipinski definition) is 3. The Hall–Kier alpha value is -0.840. The normalized spacial score (nSPS) is 12.0. The summed E-state index contributed by atoms with van der Waals surface area (Å²) in [6.07, 6.45) is 5.99. The molecule has 4 heteroatoms. The predicted octanol–water partition coefficient (Wildman–Crippen LogP) is 1.12. The second-order valence-electron chi connectivity index (χ2n) is 4.56. The minimum Gasteiger partial charge on any atom is -0.394 e. The molecule has 3 N–H and O–H groups in total. The first-order chi connectivity index (χ1) is 8.19. The zero-order valence-electron chi connectivity index (χ0n) is 10.8. The molecule has 0 aromatic carbocycles. The Bertz CT molecular complexity index is 311. The Morgan fingerprint density at radius 2 is 2.00 bits per heavy atom. The molecule has 17 heavy (non-hydrogen) atoms. The second kappa shape index (κ2) is 6.79. The van der Waals surface area contributed by atoms with Crippen LogP contribution in [0.1, 0.15) is 32.3 Å². The summed E-state index contributed by atoms with van der Waals surface area (Å²) in [6, 6.07) is 2.07. The number of aromatic nitrogens is 1. The molecule has 0 aliphatic carbocycles. The molecule has 1 rings (SSSR count). The highest BCUT2D eigenvalue weighted by atomic mass is 16.3. The van der Waals surface area contributed by atoms with Crippen LogP contribution < -0.4 is 5.32 Å². The molecule has 0 spiro atoms. The van der Waals surface area contributed by atoms with E-state index in [0.717, 1.165) is 13.0 Å². The average Bonchev–Trinajstić information content (AvgIpc) is 2.80. The summed E-state index contributed by atoms with van der Waals surface area (Å²) in [6.45, 7) is 5.72. The van der Waals surface area contributed by atoms with Gasteiger partial charge in [0.2, 0.25) is 0 Å². The zero-order valence-corrected chi connectivity index (χ0v) is 10.8. The van der Waals surface area contributed by atoms with Gasteiger partial charge in [0.15, 0.2) is 0 Å². The Labute approximate surface area is 103 Å². The molecule has 0 bridgehead atoms. The van der Waals surface area contributed by atoms with Gasteiger partial charge < -0.3 is 20.1 Å². The number of aliphatic hydroxyl groups is 2. The van der Waals surface area contributed by atoms with E-state index in [1.54, 1.807) is 0 Å². The van der Waals surface area contributed by atoms with E-state index < -0.39 is 5.54 Å². The molecule has 0 saturated carbocycles. The van der Waals surface area contributed by atoms with E-state index in [4.69, 9.17) is 0 Å². The largest absolute Gasteiger partial charge is 0.394 e. The molecule has 0 unspecified atom stereocenters. The van der Waals surface area contributed by atoms with Crippen LogP contribution in [-0.2, 0) is 13.1 Å². The fourth-order valence-corrected chi connectivity index (χ4v) is 1.79. The standard InChI is InChI=1S/C13H24N2O2/c1-3-6-15-7-5-12(9-15)8-14-13(4-2,10-16)11-17/h5,7,9,14,16-17H,3-4,6,8,10-11H2,1-2H3. The topological polar surface area (TPSA) is 57.4 Å². The number of nitrogens with one attached hydrogen (secondary N) is 1. The summed E-state index contributed by atoms with van der Waals surface area (Å²) in [5.74, 6) is 0. The van der Waals surface area contributed by atoms with Gasteiger partial charge in [0.05, 0.1) is 18.8 Å². The van der Waals surface area contributed by atoms with Gasteiger partial charge >= 0.3 is 0 Å². The van der Waals surface area contributed by atoms with Crippen molar-refractivity contribution in [3.05, 3.63) is 24.0 Å². The van der Waals surface area contributed by atoms with E-state index in [0.29, 0.717) is 13.0 Å². The summed E-state index contributed by atoms with van der Waals surface area (Å²) >= 11 is 0. The molecule has 0 atom stereocenters. The fraction of sp³-hybridized carbons (Fsp3) is 0.692. The Morgan fingerprint density at radius 3 is 2.53 bits per heavy atom. The molecule has 0 aliphatic heterocycles. The van der Waals surface area contributed by atoms with Crippen molar-refractivity contribution in [2.24, 2.45) is 0 Å². The molecule has 4 nitrogen and oxygen atoms in total. The summed E-state index contributed by atoms with van der Waals surface area (Å²) in [5.41, 5.74) is 0.616. The second-order valence-corrected chi connectivity index (χ2v) is 4.56. The van der Waals surface area contributed by atoms with Gasteiger partial charge in [-0.1, -0.05) is 13.8 Å². The molecule has 0 saturated heterocycles. The smallest absolute Gasteiger partial charge is 0.0648 e. The highest BCUT2D eigenvalue weighted by Crippen LogP contribution is 2.10. The van der Waals surface area contributed by atoms with Gasteiger partial charge in [-0.15, -0.1) is 0 Å². The number of aryl methyl sites for hydroxylation is 1. The van der Waals surface area contributed by atoms with Gasteiger partial charge in [0, 0.05) is 25.5 Å².